The van der Waals surface area contributed by atoms with Gasteiger partial charge in [0.1, 0.15) is 17.2 Å². The van der Waals surface area contributed by atoms with Crippen LogP contribution in [0.15, 0.2) is 42.6 Å². The Morgan fingerprint density at radius 3 is 2.68 bits per heavy atom. The molecule has 31 heavy (non-hydrogen) atoms. The molecule has 0 saturated carbocycles. The molecule has 1 amide bonds. The Labute approximate surface area is 184 Å². The van der Waals surface area contributed by atoms with Gasteiger partial charge >= 0.3 is 0 Å². The van der Waals surface area contributed by atoms with Crippen molar-refractivity contribution in [1.29, 1.82) is 0 Å². The summed E-state index contributed by atoms with van der Waals surface area (Å²) in [7, 11) is 5.08. The Balaban J connectivity index is 1.72. The number of rotatable bonds is 8. The van der Waals surface area contributed by atoms with Gasteiger partial charge in [-0.1, -0.05) is 6.07 Å². The van der Waals surface area contributed by atoms with Gasteiger partial charge < -0.3 is 19.4 Å². The zero-order valence-corrected chi connectivity index (χ0v) is 18.8. The number of hydrogen-bond donors (Lipinski definition) is 1. The minimum Gasteiger partial charge on any atom is -0.496 e. The van der Waals surface area contributed by atoms with Crippen LogP contribution in [0.5, 0.6) is 11.5 Å². The summed E-state index contributed by atoms with van der Waals surface area (Å²) in [6, 6.07) is 11.0. The number of methoxy groups -OCH3 is 2. The third kappa shape index (κ3) is 3.81. The number of nitrogens with one attached hydrogen (secondary N) is 1. The summed E-state index contributed by atoms with van der Waals surface area (Å²) in [4.78, 5) is 13.4. The van der Waals surface area contributed by atoms with Gasteiger partial charge in [-0.05, 0) is 48.8 Å². The van der Waals surface area contributed by atoms with E-state index < -0.39 is 0 Å². The van der Waals surface area contributed by atoms with Gasteiger partial charge in [0.05, 0.1) is 25.8 Å². The number of carbonyl (C=O) groups is 1. The van der Waals surface area contributed by atoms with E-state index in [0.29, 0.717) is 23.0 Å². The number of nitrogens with zero attached hydrogens (tertiary/aromatic N) is 4. The van der Waals surface area contributed by atoms with Crippen LogP contribution >= 0.6 is 11.8 Å². The number of benzene rings is 1. The topological polar surface area (TPSA) is 82.7 Å². The van der Waals surface area contributed by atoms with Crippen LogP contribution in [0.1, 0.15) is 28.8 Å². The molecule has 1 N–H and O–H groups in total. The van der Waals surface area contributed by atoms with Crippen molar-refractivity contribution in [3.8, 4) is 11.5 Å². The minimum absolute atomic E-state index is 0.193. The van der Waals surface area contributed by atoms with Crippen molar-refractivity contribution in [1.82, 2.24) is 24.5 Å². The lowest BCUT2D eigenvalue weighted by molar-refractivity contribution is 0.0926. The number of ether oxygens (including phenoxy) is 2. The molecule has 0 radical (unpaired) electrons. The normalized spacial score (nSPS) is 12.3. The number of hydrogen-bond acceptors (Lipinski definition) is 6. The first-order valence-corrected chi connectivity index (χ1v) is 11.3. The van der Waals surface area contributed by atoms with Crippen molar-refractivity contribution in [3.63, 3.8) is 0 Å². The molecular weight excluding hydrogens is 414 g/mol. The lowest BCUT2D eigenvalue weighted by atomic mass is 10.2. The predicted molar refractivity (Wildman–Crippen MR) is 122 cm³/mol. The molecule has 1 aromatic carbocycles. The Morgan fingerprint density at radius 2 is 1.94 bits per heavy atom. The summed E-state index contributed by atoms with van der Waals surface area (Å²) in [5.41, 5.74) is 2.07. The van der Waals surface area contributed by atoms with Crippen LogP contribution in [-0.4, -0.2) is 51.3 Å². The van der Waals surface area contributed by atoms with Crippen LogP contribution < -0.4 is 14.8 Å². The highest BCUT2D eigenvalue weighted by Crippen LogP contribution is 2.35. The SMILES string of the molecule is COc1ccc(OC)c2c1cc(C(=O)N[C@@H](CCSC)c1nnc3ccccn13)n2C. The van der Waals surface area contributed by atoms with Gasteiger partial charge in [0, 0.05) is 18.6 Å². The highest BCUT2D eigenvalue weighted by atomic mass is 32.2. The highest BCUT2D eigenvalue weighted by Gasteiger charge is 2.24. The molecule has 4 aromatic rings. The molecule has 0 bridgehead atoms. The minimum atomic E-state index is -0.279. The van der Waals surface area contributed by atoms with E-state index in [1.54, 1.807) is 26.0 Å². The molecule has 1 atom stereocenters. The fourth-order valence-corrected chi connectivity index (χ4v) is 4.27. The second-order valence-electron chi connectivity index (χ2n) is 7.12. The third-order valence-corrected chi connectivity index (χ3v) is 6.00. The molecule has 0 fully saturated rings. The number of fused-ring (bicyclic) bond motifs is 2. The predicted octanol–water partition coefficient (Wildman–Crippen LogP) is 3.46. The Kier molecular flexibility index (Phi) is 6.03. The number of carbonyl (C=O) groups excluding carboxylic acids is 1. The maximum atomic E-state index is 13.4. The third-order valence-electron chi connectivity index (χ3n) is 5.36. The van der Waals surface area contributed by atoms with E-state index in [4.69, 9.17) is 9.47 Å². The van der Waals surface area contributed by atoms with Gasteiger partial charge in [-0.25, -0.2) is 0 Å². The van der Waals surface area contributed by atoms with E-state index in [9.17, 15) is 4.79 Å². The molecule has 3 aromatic heterocycles. The standard InChI is InChI=1S/C22H25N5O3S/c1-26-16(13-14-17(29-2)8-9-18(30-3)20(14)26)22(28)23-15(10-12-31-4)21-25-24-19-7-5-6-11-27(19)21/h5-9,11,13,15H,10,12H2,1-4H3,(H,23,28)/t15-/m0/s1. The van der Waals surface area contributed by atoms with Crippen molar-refractivity contribution in [3.05, 3.63) is 54.1 Å². The summed E-state index contributed by atoms with van der Waals surface area (Å²) in [5.74, 6) is 2.77. The summed E-state index contributed by atoms with van der Waals surface area (Å²) in [5, 5.41) is 12.6. The molecule has 4 rings (SSSR count). The molecule has 0 aliphatic carbocycles. The van der Waals surface area contributed by atoms with E-state index in [2.05, 4.69) is 15.5 Å². The van der Waals surface area contributed by atoms with Crippen molar-refractivity contribution >= 4 is 34.2 Å². The largest absolute Gasteiger partial charge is 0.496 e. The second-order valence-corrected chi connectivity index (χ2v) is 8.10. The second kappa shape index (κ2) is 8.89. The lowest BCUT2D eigenvalue weighted by Crippen LogP contribution is -2.31. The van der Waals surface area contributed by atoms with E-state index in [1.807, 2.05) is 64.9 Å². The van der Waals surface area contributed by atoms with Gasteiger partial charge in [-0.15, -0.1) is 10.2 Å². The fourth-order valence-electron chi connectivity index (χ4n) is 3.80. The van der Waals surface area contributed by atoms with Gasteiger partial charge in [-0.3, -0.25) is 9.20 Å². The molecule has 0 spiro atoms. The number of aryl methyl sites for hydroxylation is 1. The summed E-state index contributed by atoms with van der Waals surface area (Å²) in [6.07, 6.45) is 4.69. The molecular formula is C22H25N5O3S. The maximum Gasteiger partial charge on any atom is 0.268 e. The fraction of sp³-hybridized carbons (Fsp3) is 0.318. The van der Waals surface area contributed by atoms with E-state index in [-0.39, 0.29) is 11.9 Å². The van der Waals surface area contributed by atoms with Gasteiger partial charge in [0.15, 0.2) is 11.5 Å². The van der Waals surface area contributed by atoms with E-state index in [0.717, 1.165) is 28.7 Å². The molecule has 9 heteroatoms. The summed E-state index contributed by atoms with van der Waals surface area (Å²) >= 11 is 1.73. The molecule has 0 saturated heterocycles. The first-order chi connectivity index (χ1) is 15.1. The monoisotopic (exact) mass is 439 g/mol. The summed E-state index contributed by atoms with van der Waals surface area (Å²) in [6.45, 7) is 0. The van der Waals surface area contributed by atoms with Crippen LogP contribution in [0.2, 0.25) is 0 Å². The number of pyridine rings is 1. The molecule has 3 heterocycles. The van der Waals surface area contributed by atoms with Crippen LogP contribution in [0, 0.1) is 0 Å². The molecule has 0 unspecified atom stereocenters. The first kappa shape index (κ1) is 21.0. The molecule has 0 aliphatic rings. The van der Waals surface area contributed by atoms with Crippen molar-refractivity contribution in [2.75, 3.05) is 26.2 Å². The van der Waals surface area contributed by atoms with Crippen LogP contribution in [0.25, 0.3) is 16.6 Å². The van der Waals surface area contributed by atoms with E-state index >= 15 is 0 Å². The average molecular weight is 440 g/mol. The molecule has 0 aliphatic heterocycles. The lowest BCUT2D eigenvalue weighted by Gasteiger charge is -2.17. The van der Waals surface area contributed by atoms with Gasteiger partial charge in [0.25, 0.3) is 5.91 Å². The molecule has 8 nitrogen and oxygen atoms in total. The first-order valence-electron chi connectivity index (χ1n) is 9.89. The Bertz CT molecular complexity index is 1230. The highest BCUT2D eigenvalue weighted by molar-refractivity contribution is 7.98. The van der Waals surface area contributed by atoms with Gasteiger partial charge in [0.2, 0.25) is 0 Å². The summed E-state index contributed by atoms with van der Waals surface area (Å²) < 4.78 is 14.7. The van der Waals surface area contributed by atoms with Crippen LogP contribution in [0.4, 0.5) is 0 Å². The Hall–Kier alpha value is -3.20. The zero-order valence-electron chi connectivity index (χ0n) is 18.0. The molecule has 162 valence electrons. The van der Waals surface area contributed by atoms with Crippen LogP contribution in [-0.2, 0) is 7.05 Å². The van der Waals surface area contributed by atoms with Crippen molar-refractivity contribution in [2.45, 2.75) is 12.5 Å². The number of amides is 1. The zero-order chi connectivity index (χ0) is 22.0. The van der Waals surface area contributed by atoms with Crippen molar-refractivity contribution in [2.24, 2.45) is 7.05 Å². The van der Waals surface area contributed by atoms with Gasteiger partial charge in [-0.2, -0.15) is 11.8 Å². The van der Waals surface area contributed by atoms with Crippen LogP contribution in [0.3, 0.4) is 0 Å². The smallest absolute Gasteiger partial charge is 0.268 e. The van der Waals surface area contributed by atoms with E-state index in [1.165, 1.54) is 0 Å². The Morgan fingerprint density at radius 1 is 1.16 bits per heavy atom. The van der Waals surface area contributed by atoms with Crippen molar-refractivity contribution < 1.29 is 14.3 Å². The number of aromatic nitrogens is 4. The quantitative estimate of drug-likeness (QED) is 0.453. The average Bonchev–Trinajstić information content (AvgIpc) is 3.38. The maximum absolute atomic E-state index is 13.4. The number of thioether (sulfide) groups is 1.